The summed E-state index contributed by atoms with van der Waals surface area (Å²) in [5, 5.41) is 8.42. The van der Waals surface area contributed by atoms with Gasteiger partial charge in [-0.3, -0.25) is 19.1 Å². The van der Waals surface area contributed by atoms with Crippen LogP contribution in [0.3, 0.4) is 0 Å². The van der Waals surface area contributed by atoms with E-state index in [9.17, 15) is 14.4 Å². The van der Waals surface area contributed by atoms with Gasteiger partial charge in [-0.05, 0) is 87.5 Å². The second-order valence-corrected chi connectivity index (χ2v) is 13.2. The third kappa shape index (κ3) is 6.28. The van der Waals surface area contributed by atoms with Gasteiger partial charge in [0.1, 0.15) is 0 Å². The van der Waals surface area contributed by atoms with E-state index in [0.29, 0.717) is 74.6 Å². The lowest BCUT2D eigenvalue weighted by molar-refractivity contribution is -0.140. The number of piperidine rings is 2. The van der Waals surface area contributed by atoms with Gasteiger partial charge < -0.3 is 24.6 Å². The SMILES string of the molecule is COc1cc2cc(c1OC)CCCNC(=O)CCC[C@H]1[C@@H]3C[C@@H](CN(C(=O)c4cc(C)nc5c4c(C)nn5C)C3)CN1C(=O)CC2. The summed E-state index contributed by atoms with van der Waals surface area (Å²) in [5.41, 5.74) is 4.98. The van der Waals surface area contributed by atoms with Crippen LogP contribution in [0.1, 0.15) is 71.4 Å². The summed E-state index contributed by atoms with van der Waals surface area (Å²) in [7, 11) is 5.12. The number of carbonyl (C=O) groups is 3. The van der Waals surface area contributed by atoms with Crippen LogP contribution in [0.2, 0.25) is 0 Å². The number of benzene rings is 1. The first-order chi connectivity index (χ1) is 22.2. The van der Waals surface area contributed by atoms with Gasteiger partial charge >= 0.3 is 0 Å². The highest BCUT2D eigenvalue weighted by atomic mass is 16.5. The first-order valence-electron chi connectivity index (χ1n) is 16.6. The van der Waals surface area contributed by atoms with Crippen LogP contribution in [0.15, 0.2) is 18.2 Å². The van der Waals surface area contributed by atoms with E-state index in [1.165, 1.54) is 0 Å². The van der Waals surface area contributed by atoms with Crippen LogP contribution in [0.25, 0.3) is 11.0 Å². The highest BCUT2D eigenvalue weighted by Crippen LogP contribution is 2.38. The van der Waals surface area contributed by atoms with Crippen molar-refractivity contribution in [2.24, 2.45) is 18.9 Å². The number of nitrogens with one attached hydrogen (secondary N) is 1. The molecule has 3 aromatic rings. The van der Waals surface area contributed by atoms with Crippen molar-refractivity contribution < 1.29 is 23.9 Å². The van der Waals surface area contributed by atoms with E-state index in [4.69, 9.17) is 9.47 Å². The smallest absolute Gasteiger partial charge is 0.254 e. The van der Waals surface area contributed by atoms with Crippen molar-refractivity contribution >= 4 is 28.8 Å². The van der Waals surface area contributed by atoms with Crippen LogP contribution in [-0.2, 0) is 29.5 Å². The van der Waals surface area contributed by atoms with E-state index in [1.807, 2.05) is 37.9 Å². The van der Waals surface area contributed by atoms with Crippen molar-refractivity contribution in [1.82, 2.24) is 29.9 Å². The summed E-state index contributed by atoms with van der Waals surface area (Å²) in [6.45, 7) is 6.21. The van der Waals surface area contributed by atoms with E-state index in [2.05, 4.69) is 26.4 Å². The van der Waals surface area contributed by atoms with Gasteiger partial charge in [-0.1, -0.05) is 6.07 Å². The zero-order valence-electron chi connectivity index (χ0n) is 27.7. The van der Waals surface area contributed by atoms with Crippen molar-refractivity contribution in [3.05, 3.63) is 46.3 Å². The number of hydrogen-bond acceptors (Lipinski definition) is 7. The molecule has 6 rings (SSSR count). The molecule has 46 heavy (non-hydrogen) atoms. The first kappa shape index (κ1) is 31.8. The van der Waals surface area contributed by atoms with E-state index in [1.54, 1.807) is 18.9 Å². The van der Waals surface area contributed by atoms with Gasteiger partial charge in [-0.25, -0.2) is 4.98 Å². The monoisotopic (exact) mass is 630 g/mol. The summed E-state index contributed by atoms with van der Waals surface area (Å²) >= 11 is 0. The minimum absolute atomic E-state index is 0.00193. The predicted molar refractivity (Wildman–Crippen MR) is 174 cm³/mol. The highest BCUT2D eigenvalue weighted by molar-refractivity contribution is 6.06. The van der Waals surface area contributed by atoms with Crippen LogP contribution in [0.4, 0.5) is 0 Å². The molecule has 246 valence electrons. The van der Waals surface area contributed by atoms with Crippen molar-refractivity contribution in [2.75, 3.05) is 40.4 Å². The molecule has 4 bridgehead atoms. The lowest BCUT2D eigenvalue weighted by atomic mass is 9.77. The van der Waals surface area contributed by atoms with E-state index in [-0.39, 0.29) is 35.6 Å². The number of rotatable bonds is 3. The normalized spacial score (nSPS) is 22.8. The molecule has 1 N–H and O–H groups in total. The van der Waals surface area contributed by atoms with Crippen molar-refractivity contribution in [2.45, 2.75) is 71.3 Å². The average molecular weight is 631 g/mol. The molecular weight excluding hydrogens is 584 g/mol. The van der Waals surface area contributed by atoms with Crippen LogP contribution in [0.5, 0.6) is 11.5 Å². The number of ether oxygens (including phenoxy) is 2. The molecule has 0 radical (unpaired) electrons. The van der Waals surface area contributed by atoms with Gasteiger partial charge in [0.05, 0.1) is 30.9 Å². The molecular formula is C35H46N6O5. The van der Waals surface area contributed by atoms with Gasteiger partial charge in [0.15, 0.2) is 17.1 Å². The number of fused-ring (bicyclic) bond motifs is 7. The second kappa shape index (κ2) is 13.3. The molecule has 3 atom stereocenters. The Hall–Kier alpha value is -4.15. The van der Waals surface area contributed by atoms with Gasteiger partial charge in [0.25, 0.3) is 5.91 Å². The second-order valence-electron chi connectivity index (χ2n) is 13.2. The van der Waals surface area contributed by atoms with E-state index in [0.717, 1.165) is 53.6 Å². The molecule has 0 unspecified atom stereocenters. The standard InChI is InChI=1S/C35H46N6O5/c1-21-14-27(32-22(2)38-39(3)34(32)37-21)35(44)40-18-24-16-26(20-40)28-9-6-10-30(42)36-13-7-8-25-15-23(11-12-31(43)41(28)19-24)17-29(45-4)33(25)46-5/h14-15,17,24,26,28H,6-13,16,18-20H2,1-5H3,(H,36,42)/t24-,26+,28-/m0/s1. The molecule has 2 aromatic heterocycles. The maximum Gasteiger partial charge on any atom is 0.254 e. The molecule has 3 amide bonds. The quantitative estimate of drug-likeness (QED) is 0.468. The summed E-state index contributed by atoms with van der Waals surface area (Å²) < 4.78 is 13.1. The molecule has 2 saturated heterocycles. The zero-order valence-corrected chi connectivity index (χ0v) is 27.7. The maximum absolute atomic E-state index is 14.2. The molecule has 1 aromatic carbocycles. The minimum atomic E-state index is -0.0275. The van der Waals surface area contributed by atoms with E-state index >= 15 is 0 Å². The summed E-state index contributed by atoms with van der Waals surface area (Å²) in [6.07, 6.45) is 5.33. The van der Waals surface area contributed by atoms with Gasteiger partial charge in [-0.15, -0.1) is 0 Å². The number of nitrogens with zero attached hydrogens (tertiary/aromatic N) is 5. The van der Waals surface area contributed by atoms with Crippen molar-refractivity contribution in [3.63, 3.8) is 0 Å². The van der Waals surface area contributed by atoms with Gasteiger partial charge in [0, 0.05) is 57.8 Å². The highest BCUT2D eigenvalue weighted by Gasteiger charge is 2.43. The predicted octanol–water partition coefficient (Wildman–Crippen LogP) is 3.76. The van der Waals surface area contributed by atoms with Gasteiger partial charge in [-0.2, -0.15) is 5.10 Å². The molecule has 11 nitrogen and oxygen atoms in total. The minimum Gasteiger partial charge on any atom is -0.493 e. The Bertz CT molecular complexity index is 1650. The van der Waals surface area contributed by atoms with E-state index < -0.39 is 0 Å². The van der Waals surface area contributed by atoms with Crippen LogP contribution in [-0.4, -0.2) is 88.7 Å². The topological polar surface area (TPSA) is 119 Å². The number of carbonyl (C=O) groups excluding carboxylic acids is 3. The Morgan fingerprint density at radius 3 is 2.59 bits per heavy atom. The number of methoxy groups -OCH3 is 2. The molecule has 11 heteroatoms. The Morgan fingerprint density at radius 1 is 0.978 bits per heavy atom. The number of hydrogen-bond donors (Lipinski definition) is 1. The average Bonchev–Trinajstić information content (AvgIpc) is 3.33. The van der Waals surface area contributed by atoms with Crippen LogP contribution in [0, 0.1) is 25.7 Å². The number of likely N-dealkylation sites (tertiary alicyclic amines) is 1. The lowest BCUT2D eigenvalue weighted by Crippen LogP contribution is -2.60. The fourth-order valence-electron chi connectivity index (χ4n) is 7.98. The molecule has 0 aliphatic carbocycles. The Kier molecular flexibility index (Phi) is 9.20. The number of aryl methyl sites for hydroxylation is 5. The van der Waals surface area contributed by atoms with Crippen molar-refractivity contribution in [1.29, 1.82) is 0 Å². The van der Waals surface area contributed by atoms with Crippen LogP contribution < -0.4 is 14.8 Å². The van der Waals surface area contributed by atoms with Gasteiger partial charge in [0.2, 0.25) is 11.8 Å². The van der Waals surface area contributed by atoms with Crippen LogP contribution >= 0.6 is 0 Å². The summed E-state index contributed by atoms with van der Waals surface area (Å²) in [6, 6.07) is 5.93. The molecule has 0 saturated carbocycles. The number of pyridine rings is 1. The third-order valence-electron chi connectivity index (χ3n) is 10.00. The number of amides is 3. The number of aromatic nitrogens is 3. The first-order valence-corrected chi connectivity index (χ1v) is 16.6. The molecule has 0 spiro atoms. The Balaban J connectivity index is 1.26. The fourth-order valence-corrected chi connectivity index (χ4v) is 7.98. The molecule has 2 fully saturated rings. The lowest BCUT2D eigenvalue weighted by Gasteiger charge is -2.51. The fraction of sp³-hybridized carbons (Fsp3) is 0.571. The van der Waals surface area contributed by atoms with Crippen molar-refractivity contribution in [3.8, 4) is 11.5 Å². The molecule has 3 aliphatic rings. The zero-order chi connectivity index (χ0) is 32.5. The Morgan fingerprint density at radius 2 is 1.80 bits per heavy atom. The largest absolute Gasteiger partial charge is 0.493 e. The Labute approximate surface area is 270 Å². The maximum atomic E-state index is 14.2. The summed E-state index contributed by atoms with van der Waals surface area (Å²) in [5.74, 6) is 1.85. The molecule has 3 aliphatic heterocycles. The molecule has 5 heterocycles. The third-order valence-corrected chi connectivity index (χ3v) is 10.00. The summed E-state index contributed by atoms with van der Waals surface area (Å²) in [4.78, 5) is 49.6.